The summed E-state index contributed by atoms with van der Waals surface area (Å²) in [6.07, 6.45) is 6.69. The van der Waals surface area contributed by atoms with Crippen LogP contribution in [0.25, 0.3) is 15.7 Å². The lowest BCUT2D eigenvalue weighted by Crippen LogP contribution is -2.54. The van der Waals surface area contributed by atoms with Crippen LogP contribution in [0.2, 0.25) is 0 Å². The Balaban J connectivity index is 0.726. The summed E-state index contributed by atoms with van der Waals surface area (Å²) in [4.78, 5) is 79.7. The van der Waals surface area contributed by atoms with E-state index in [0.717, 1.165) is 93.8 Å². The largest absolute Gasteiger partial charge is 0.490 e. The number of hydrogen-bond acceptors (Lipinski definition) is 10. The molecule has 4 aromatic rings. The predicted molar refractivity (Wildman–Crippen MR) is 230 cm³/mol. The van der Waals surface area contributed by atoms with Gasteiger partial charge in [0.15, 0.2) is 0 Å². The van der Waals surface area contributed by atoms with Gasteiger partial charge in [0, 0.05) is 80.6 Å². The number of piperidine rings is 2. The molecule has 5 aliphatic rings. The van der Waals surface area contributed by atoms with Gasteiger partial charge in [-0.25, -0.2) is 9.24 Å². The molecule has 0 spiro atoms. The molecule has 1 aliphatic carbocycles. The zero-order valence-electron chi connectivity index (χ0n) is 34.6. The van der Waals surface area contributed by atoms with Gasteiger partial charge in [0.2, 0.25) is 17.5 Å². The van der Waals surface area contributed by atoms with Crippen molar-refractivity contribution in [2.45, 2.75) is 82.5 Å². The summed E-state index contributed by atoms with van der Waals surface area (Å²) < 4.78 is 22.0. The third kappa shape index (κ3) is 8.07. The van der Waals surface area contributed by atoms with Crippen LogP contribution in [0, 0.1) is 18.3 Å². The van der Waals surface area contributed by atoms with E-state index in [1.54, 1.807) is 36.5 Å². The van der Waals surface area contributed by atoms with Gasteiger partial charge < -0.3 is 19.9 Å². The van der Waals surface area contributed by atoms with Crippen molar-refractivity contribution in [3.63, 3.8) is 0 Å². The quantitative estimate of drug-likeness (QED) is 0.155. The van der Waals surface area contributed by atoms with Crippen LogP contribution in [-0.2, 0) is 9.59 Å². The van der Waals surface area contributed by atoms with Gasteiger partial charge >= 0.3 is 0 Å². The number of hydrogen-bond donors (Lipinski definition) is 2. The standard InChI is InChI=1S/C47H49FN8O6/c1-28-26-55(32-8-11-34-36(25-32)47(61)56(46(34)60)40-14-16-42(57)52-45(40)59)23-22-54(28)27-29-17-20-53(21-18-29)39-13-5-30(24-37(39)48)44(58)51-31-6-9-33(10-7-31)62-41-15-12-38(49-2)43-35(41)4-3-19-50-43/h3-5,8,11-13,15,19,24-25,28-29,31,33,40H,6-7,9-10,14,16-18,20-23,26-27H2,1H3,(H,51,58)(H,52,57,59)/t28-,31?,33?,40?/m1/s1. The van der Waals surface area contributed by atoms with Crippen LogP contribution < -0.4 is 25.2 Å². The second kappa shape index (κ2) is 17.2. The van der Waals surface area contributed by atoms with Gasteiger partial charge in [-0.05, 0) is 112 Å². The zero-order valence-corrected chi connectivity index (χ0v) is 34.6. The number of ether oxygens (including phenoxy) is 1. The van der Waals surface area contributed by atoms with E-state index in [4.69, 9.17) is 11.3 Å². The highest BCUT2D eigenvalue weighted by atomic mass is 19.1. The number of anilines is 2. The summed E-state index contributed by atoms with van der Waals surface area (Å²) in [5.74, 6) is -1.56. The number of aromatic nitrogens is 1. The Morgan fingerprint density at radius 1 is 0.903 bits per heavy atom. The number of carbonyl (C=O) groups is 5. The molecule has 320 valence electrons. The van der Waals surface area contributed by atoms with E-state index < -0.39 is 35.5 Å². The first kappa shape index (κ1) is 41.0. The maximum absolute atomic E-state index is 15.6. The van der Waals surface area contributed by atoms with Crippen molar-refractivity contribution < 1.29 is 33.1 Å². The normalized spacial score (nSPS) is 23.6. The minimum atomic E-state index is -0.995. The van der Waals surface area contributed by atoms with Crippen LogP contribution in [0.15, 0.2) is 66.9 Å². The molecule has 62 heavy (non-hydrogen) atoms. The van der Waals surface area contributed by atoms with Gasteiger partial charge in [-0.3, -0.25) is 44.1 Å². The summed E-state index contributed by atoms with van der Waals surface area (Å²) in [5, 5.41) is 6.16. The minimum absolute atomic E-state index is 0.0194. The van der Waals surface area contributed by atoms with Gasteiger partial charge in [-0.1, -0.05) is 6.07 Å². The van der Waals surface area contributed by atoms with E-state index in [1.165, 1.54) is 6.07 Å². The molecule has 3 aromatic carbocycles. The molecule has 5 heterocycles. The van der Waals surface area contributed by atoms with Gasteiger partial charge in [-0.15, -0.1) is 0 Å². The van der Waals surface area contributed by atoms with E-state index in [0.29, 0.717) is 34.1 Å². The predicted octanol–water partition coefficient (Wildman–Crippen LogP) is 5.87. The topological polar surface area (TPSA) is 149 Å². The monoisotopic (exact) mass is 840 g/mol. The van der Waals surface area contributed by atoms with Crippen molar-refractivity contribution in [2.75, 3.05) is 49.1 Å². The molecule has 9 rings (SSSR count). The first-order valence-electron chi connectivity index (χ1n) is 21.7. The van der Waals surface area contributed by atoms with Crippen LogP contribution in [0.5, 0.6) is 5.75 Å². The number of benzene rings is 3. The SMILES string of the molecule is [C-]#[N+]c1ccc(OC2CCC(NC(=O)c3ccc(N4CCC(CN5CCN(c6ccc7c(c6)C(=O)N(C6CCC(=O)NC6=O)C7=O)C[C@H]5C)CC4)c(F)c3)CC2)c2cccnc12. The number of nitrogens with one attached hydrogen (secondary N) is 2. The fourth-order valence-electron chi connectivity index (χ4n) is 9.85. The van der Waals surface area contributed by atoms with Crippen molar-refractivity contribution in [1.29, 1.82) is 0 Å². The molecule has 0 radical (unpaired) electrons. The second-order valence-corrected chi connectivity index (χ2v) is 17.2. The fourth-order valence-corrected chi connectivity index (χ4v) is 9.85. The van der Waals surface area contributed by atoms with Crippen molar-refractivity contribution in [3.8, 4) is 5.75 Å². The van der Waals surface area contributed by atoms with E-state index in [9.17, 15) is 24.0 Å². The minimum Gasteiger partial charge on any atom is -0.490 e. The van der Waals surface area contributed by atoms with Gasteiger partial charge in [0.05, 0.1) is 35.0 Å². The third-order valence-corrected chi connectivity index (χ3v) is 13.3. The Labute approximate surface area is 359 Å². The molecule has 4 aliphatic heterocycles. The summed E-state index contributed by atoms with van der Waals surface area (Å²) in [7, 11) is 0. The number of nitrogens with zero attached hydrogens (tertiary/aromatic N) is 6. The molecule has 1 saturated carbocycles. The molecule has 1 aromatic heterocycles. The zero-order chi connectivity index (χ0) is 43.1. The average molecular weight is 841 g/mol. The number of halogens is 1. The molecule has 15 heteroatoms. The maximum Gasteiger partial charge on any atom is 0.262 e. The van der Waals surface area contributed by atoms with Gasteiger partial charge in [-0.2, -0.15) is 0 Å². The Morgan fingerprint density at radius 2 is 1.69 bits per heavy atom. The molecule has 2 N–H and O–H groups in total. The maximum atomic E-state index is 15.6. The molecular weight excluding hydrogens is 792 g/mol. The van der Waals surface area contributed by atoms with E-state index in [-0.39, 0.29) is 48.1 Å². The lowest BCUT2D eigenvalue weighted by Gasteiger charge is -2.43. The number of amides is 5. The Morgan fingerprint density at radius 3 is 2.44 bits per heavy atom. The smallest absolute Gasteiger partial charge is 0.262 e. The molecular formula is C47H49FN8O6. The summed E-state index contributed by atoms with van der Waals surface area (Å²) in [5.41, 5.74) is 3.34. The van der Waals surface area contributed by atoms with Crippen LogP contribution in [0.4, 0.5) is 21.5 Å². The van der Waals surface area contributed by atoms with Crippen molar-refractivity contribution in [1.82, 2.24) is 25.4 Å². The average Bonchev–Trinajstić information content (AvgIpc) is 3.53. The highest BCUT2D eigenvalue weighted by Crippen LogP contribution is 2.35. The number of carbonyl (C=O) groups excluding carboxylic acids is 5. The Hall–Kier alpha value is -6.40. The van der Waals surface area contributed by atoms with E-state index >= 15 is 4.39 Å². The van der Waals surface area contributed by atoms with Gasteiger partial charge in [0.1, 0.15) is 17.6 Å². The third-order valence-electron chi connectivity index (χ3n) is 13.3. The van der Waals surface area contributed by atoms with Crippen molar-refractivity contribution >= 4 is 57.5 Å². The number of piperazine rings is 1. The van der Waals surface area contributed by atoms with Crippen molar-refractivity contribution in [3.05, 3.63) is 101 Å². The molecule has 14 nitrogen and oxygen atoms in total. The lowest BCUT2D eigenvalue weighted by atomic mass is 9.92. The first-order valence-corrected chi connectivity index (χ1v) is 21.7. The Kier molecular flexibility index (Phi) is 11.3. The van der Waals surface area contributed by atoms with Crippen LogP contribution >= 0.6 is 0 Å². The molecule has 4 fully saturated rings. The van der Waals surface area contributed by atoms with Crippen LogP contribution in [0.3, 0.4) is 0 Å². The van der Waals surface area contributed by atoms with E-state index in [2.05, 4.69) is 42.1 Å². The molecule has 0 bridgehead atoms. The van der Waals surface area contributed by atoms with Crippen molar-refractivity contribution in [2.24, 2.45) is 5.92 Å². The summed E-state index contributed by atoms with van der Waals surface area (Å²) in [6.45, 7) is 14.3. The molecule has 2 atom stereocenters. The number of rotatable bonds is 9. The fraction of sp³-hybridized carbons (Fsp3) is 0.426. The molecule has 1 unspecified atom stereocenters. The Bertz CT molecular complexity index is 2490. The lowest BCUT2D eigenvalue weighted by molar-refractivity contribution is -0.136. The van der Waals surface area contributed by atoms with Crippen LogP contribution in [0.1, 0.15) is 89.4 Å². The molecule has 3 saturated heterocycles. The number of fused-ring (bicyclic) bond motifs is 2. The highest BCUT2D eigenvalue weighted by Gasteiger charge is 2.45. The summed E-state index contributed by atoms with van der Waals surface area (Å²) >= 11 is 0. The number of pyridine rings is 1. The highest BCUT2D eigenvalue weighted by molar-refractivity contribution is 6.23. The van der Waals surface area contributed by atoms with Gasteiger partial charge in [0.25, 0.3) is 17.7 Å². The second-order valence-electron chi connectivity index (χ2n) is 17.2. The van der Waals surface area contributed by atoms with E-state index in [1.807, 2.05) is 24.3 Å². The first-order chi connectivity index (χ1) is 30.0. The number of imide groups is 2. The molecule has 5 amide bonds. The summed E-state index contributed by atoms with van der Waals surface area (Å²) in [6, 6.07) is 16.6. The van der Waals surface area contributed by atoms with Crippen LogP contribution in [-0.4, -0.2) is 108 Å².